The second-order valence-electron chi connectivity index (χ2n) is 8.59. The molecule has 0 aliphatic heterocycles. The molecule has 2 N–H and O–H groups in total. The van der Waals surface area contributed by atoms with Gasteiger partial charge in [-0.05, 0) is 80.4 Å². The molecule has 0 bridgehead atoms. The van der Waals surface area contributed by atoms with E-state index in [1.54, 1.807) is 45.0 Å². The molecule has 0 saturated heterocycles. The summed E-state index contributed by atoms with van der Waals surface area (Å²) in [5.74, 6) is -1.01. The molecule has 1 atom stereocenters. The fourth-order valence-electron chi connectivity index (χ4n) is 2.99. The second kappa shape index (κ2) is 9.64. The molecule has 0 aliphatic carbocycles. The number of hydrogen-bond acceptors (Lipinski definition) is 5. The Morgan fingerprint density at radius 1 is 0.971 bits per heavy atom. The van der Waals surface area contributed by atoms with Gasteiger partial charge in [0.25, 0.3) is 5.91 Å². The molecule has 0 radical (unpaired) electrons. The Hall–Kier alpha value is -3.72. The molecule has 0 saturated carbocycles. The van der Waals surface area contributed by atoms with Crippen LogP contribution in [0, 0.1) is 5.82 Å². The van der Waals surface area contributed by atoms with Crippen LogP contribution < -0.4 is 5.32 Å². The molecular weight excluding hydrogens is 459 g/mol. The summed E-state index contributed by atoms with van der Waals surface area (Å²) < 4.78 is 34.8. The summed E-state index contributed by atoms with van der Waals surface area (Å²) in [7, 11) is -3.08. The first-order valence-corrected chi connectivity index (χ1v) is 12.2. The van der Waals surface area contributed by atoms with Crippen LogP contribution in [0.15, 0.2) is 76.0 Å². The van der Waals surface area contributed by atoms with Crippen molar-refractivity contribution in [1.29, 1.82) is 0 Å². The summed E-state index contributed by atoms with van der Waals surface area (Å²) in [5.41, 5.74) is 1.04. The Morgan fingerprint density at radius 3 is 2.15 bits per heavy atom. The highest BCUT2D eigenvalue weighted by Crippen LogP contribution is 2.30. The molecule has 9 heteroatoms. The van der Waals surface area contributed by atoms with Gasteiger partial charge >= 0.3 is 6.09 Å². The van der Waals surface area contributed by atoms with E-state index in [2.05, 4.69) is 9.68 Å². The lowest BCUT2D eigenvalue weighted by Crippen LogP contribution is -2.22. The van der Waals surface area contributed by atoms with Crippen LogP contribution in [0.3, 0.4) is 0 Å². The highest BCUT2D eigenvalue weighted by molar-refractivity contribution is 7.93. The van der Waals surface area contributed by atoms with Crippen LogP contribution in [-0.4, -0.2) is 33.2 Å². The zero-order chi connectivity index (χ0) is 25.1. The molecule has 3 aromatic rings. The number of carbonyl (C=O) groups excluding carboxylic acids is 2. The Balaban J connectivity index is 1.79. The summed E-state index contributed by atoms with van der Waals surface area (Å²) in [6.45, 7) is 5.04. The van der Waals surface area contributed by atoms with Gasteiger partial charge in [0.15, 0.2) is 0 Å². The normalized spacial score (nSPS) is 13.0. The van der Waals surface area contributed by atoms with Crippen molar-refractivity contribution in [3.8, 4) is 16.9 Å². The van der Waals surface area contributed by atoms with Crippen molar-refractivity contribution in [3.05, 3.63) is 78.1 Å². The second-order valence-corrected chi connectivity index (χ2v) is 10.9. The Kier molecular flexibility index (Phi) is 7.07. The summed E-state index contributed by atoms with van der Waals surface area (Å²) >= 11 is 0. The van der Waals surface area contributed by atoms with Crippen LogP contribution in [-0.2, 0) is 14.5 Å². The molecule has 0 fully saturated rings. The number of phenols is 1. The van der Waals surface area contributed by atoms with Crippen molar-refractivity contribution in [3.63, 3.8) is 0 Å². The van der Waals surface area contributed by atoms with Crippen LogP contribution in [0.5, 0.6) is 5.75 Å². The van der Waals surface area contributed by atoms with Crippen molar-refractivity contribution in [2.24, 2.45) is 4.36 Å². The first-order valence-electron chi connectivity index (χ1n) is 10.3. The molecule has 0 aliphatic rings. The van der Waals surface area contributed by atoms with Crippen molar-refractivity contribution in [2.75, 3.05) is 11.6 Å². The number of aromatic hydroxyl groups is 1. The van der Waals surface area contributed by atoms with Gasteiger partial charge in [-0.25, -0.2) is 13.4 Å². The largest absolute Gasteiger partial charge is 0.506 e. The fourth-order valence-corrected chi connectivity index (χ4v) is 4.06. The molecule has 1 unspecified atom stereocenters. The summed E-state index contributed by atoms with van der Waals surface area (Å²) in [4.78, 5) is 24.9. The monoisotopic (exact) mass is 484 g/mol. The van der Waals surface area contributed by atoms with Gasteiger partial charge < -0.3 is 15.2 Å². The van der Waals surface area contributed by atoms with Gasteiger partial charge in [-0.1, -0.05) is 18.2 Å². The topological polar surface area (TPSA) is 105 Å². The SMILES string of the molecule is CC(C)(C)OC(=O)N=S(C)(=O)c1ccc(C(=O)Nc2cc(-c3ccc(F)cc3)ccc2O)cc1. The van der Waals surface area contributed by atoms with Crippen LogP contribution in [0.4, 0.5) is 14.9 Å². The maximum absolute atomic E-state index is 13.2. The molecular formula is C25H25FN2O5S. The van der Waals surface area contributed by atoms with Crippen LogP contribution >= 0.6 is 0 Å². The summed E-state index contributed by atoms with van der Waals surface area (Å²) in [6, 6.07) is 16.3. The van der Waals surface area contributed by atoms with E-state index in [1.807, 2.05) is 0 Å². The quantitative estimate of drug-likeness (QED) is 0.453. The lowest BCUT2D eigenvalue weighted by atomic mass is 10.0. The number of ether oxygens (including phenoxy) is 1. The number of benzene rings is 3. The smallest absolute Gasteiger partial charge is 0.442 e. The number of anilines is 1. The fraction of sp³-hybridized carbons (Fsp3) is 0.200. The summed E-state index contributed by atoms with van der Waals surface area (Å²) in [6.07, 6.45) is 0.378. The summed E-state index contributed by atoms with van der Waals surface area (Å²) in [5, 5.41) is 12.8. The minimum Gasteiger partial charge on any atom is -0.506 e. The third-order valence-electron chi connectivity index (χ3n) is 4.62. The van der Waals surface area contributed by atoms with Gasteiger partial charge in [0.1, 0.15) is 17.2 Å². The predicted molar refractivity (Wildman–Crippen MR) is 129 cm³/mol. The van der Waals surface area contributed by atoms with Crippen molar-refractivity contribution in [1.82, 2.24) is 0 Å². The van der Waals surface area contributed by atoms with Gasteiger partial charge in [0, 0.05) is 16.7 Å². The minimum atomic E-state index is -3.08. The molecule has 3 rings (SSSR count). The van der Waals surface area contributed by atoms with E-state index in [-0.39, 0.29) is 27.7 Å². The minimum absolute atomic E-state index is 0.136. The van der Waals surface area contributed by atoms with E-state index >= 15 is 0 Å². The van der Waals surface area contributed by atoms with E-state index in [9.17, 15) is 23.3 Å². The number of nitrogens with one attached hydrogen (secondary N) is 1. The molecule has 178 valence electrons. The molecule has 7 nitrogen and oxygen atoms in total. The zero-order valence-electron chi connectivity index (χ0n) is 19.2. The van der Waals surface area contributed by atoms with Crippen LogP contribution in [0.1, 0.15) is 31.1 Å². The average molecular weight is 485 g/mol. The number of amides is 2. The zero-order valence-corrected chi connectivity index (χ0v) is 20.0. The van der Waals surface area contributed by atoms with Crippen molar-refractivity contribution < 1.29 is 28.0 Å². The maximum Gasteiger partial charge on any atom is 0.442 e. The number of phenolic OH excluding ortho intramolecular Hbond substituents is 1. The van der Waals surface area contributed by atoms with E-state index in [0.717, 1.165) is 0 Å². The first kappa shape index (κ1) is 24.9. The molecule has 0 spiro atoms. The molecule has 2 amide bonds. The predicted octanol–water partition coefficient (Wildman–Crippen LogP) is 5.84. The Labute approximate surface area is 197 Å². The molecule has 0 aromatic heterocycles. The Bertz CT molecular complexity index is 1340. The molecule has 0 heterocycles. The van der Waals surface area contributed by atoms with E-state index in [1.165, 1.54) is 48.7 Å². The van der Waals surface area contributed by atoms with Gasteiger partial charge in [0.2, 0.25) is 0 Å². The number of nitrogens with zero attached hydrogens (tertiary/aromatic N) is 1. The number of halogens is 1. The Morgan fingerprint density at radius 2 is 1.56 bits per heavy atom. The maximum atomic E-state index is 13.2. The first-order chi connectivity index (χ1) is 15.8. The van der Waals surface area contributed by atoms with E-state index in [0.29, 0.717) is 11.1 Å². The van der Waals surface area contributed by atoms with Gasteiger partial charge in [-0.2, -0.15) is 0 Å². The van der Waals surface area contributed by atoms with Gasteiger partial charge in [-0.3, -0.25) is 4.79 Å². The standard InChI is InChI=1S/C25H25FN2O5S/c1-25(2,3)33-24(31)28-34(4,32)20-12-7-17(8-13-20)23(30)27-21-15-18(9-14-22(21)29)16-5-10-19(26)11-6-16/h5-15,29H,1-4H3,(H,27,30). The average Bonchev–Trinajstić information content (AvgIpc) is 2.74. The van der Waals surface area contributed by atoms with Gasteiger partial charge in [-0.15, -0.1) is 4.36 Å². The lowest BCUT2D eigenvalue weighted by Gasteiger charge is -2.17. The van der Waals surface area contributed by atoms with Crippen molar-refractivity contribution >= 4 is 27.4 Å². The van der Waals surface area contributed by atoms with E-state index < -0.39 is 27.3 Å². The third kappa shape index (κ3) is 6.41. The van der Waals surface area contributed by atoms with Crippen molar-refractivity contribution in [2.45, 2.75) is 31.3 Å². The lowest BCUT2D eigenvalue weighted by molar-refractivity contribution is 0.0607. The molecule has 34 heavy (non-hydrogen) atoms. The van der Waals surface area contributed by atoms with Crippen LogP contribution in [0.25, 0.3) is 11.1 Å². The number of hydrogen-bond donors (Lipinski definition) is 2. The third-order valence-corrected chi connectivity index (χ3v) is 6.26. The molecule has 3 aromatic carbocycles. The van der Waals surface area contributed by atoms with E-state index in [4.69, 9.17) is 4.74 Å². The van der Waals surface area contributed by atoms with Crippen LogP contribution in [0.2, 0.25) is 0 Å². The highest BCUT2D eigenvalue weighted by Gasteiger charge is 2.18. The number of rotatable bonds is 4. The number of carbonyl (C=O) groups is 2. The van der Waals surface area contributed by atoms with Gasteiger partial charge in [0.05, 0.1) is 15.4 Å². The highest BCUT2D eigenvalue weighted by atomic mass is 32.2.